The standard InChI is InChI=1S/C12H22N2/c1-8(2)11-9(3)14(10(4)13-11)12(5,6)7/h8H,1-7H3. The molecule has 0 bridgehead atoms. The largest absolute Gasteiger partial charge is 0.327 e. The van der Waals surface area contributed by atoms with Crippen molar-refractivity contribution in [3.05, 3.63) is 17.2 Å². The third-order valence-electron chi connectivity index (χ3n) is 2.53. The summed E-state index contributed by atoms with van der Waals surface area (Å²) in [7, 11) is 0. The van der Waals surface area contributed by atoms with Crippen LogP contribution in [0.2, 0.25) is 0 Å². The van der Waals surface area contributed by atoms with E-state index >= 15 is 0 Å². The van der Waals surface area contributed by atoms with Crippen LogP contribution in [0.1, 0.15) is 57.7 Å². The van der Waals surface area contributed by atoms with E-state index in [1.54, 1.807) is 0 Å². The second-order valence-corrected chi connectivity index (χ2v) is 5.29. The molecule has 0 unspecified atom stereocenters. The second kappa shape index (κ2) is 3.41. The van der Waals surface area contributed by atoms with Crippen LogP contribution in [0.4, 0.5) is 0 Å². The molecule has 80 valence electrons. The fraction of sp³-hybridized carbons (Fsp3) is 0.750. The highest BCUT2D eigenvalue weighted by molar-refractivity contribution is 5.20. The van der Waals surface area contributed by atoms with Crippen LogP contribution in [-0.2, 0) is 5.54 Å². The normalized spacial score (nSPS) is 12.6. The van der Waals surface area contributed by atoms with E-state index in [-0.39, 0.29) is 5.54 Å². The van der Waals surface area contributed by atoms with Crippen LogP contribution in [0.5, 0.6) is 0 Å². The molecule has 0 amide bonds. The fourth-order valence-electron chi connectivity index (χ4n) is 2.20. The Labute approximate surface area is 87.4 Å². The first kappa shape index (κ1) is 11.3. The zero-order chi connectivity index (χ0) is 11.1. The van der Waals surface area contributed by atoms with Gasteiger partial charge in [0.15, 0.2) is 0 Å². The monoisotopic (exact) mass is 194 g/mol. The lowest BCUT2D eigenvalue weighted by Crippen LogP contribution is -2.24. The molecule has 0 saturated heterocycles. The molecule has 0 aromatic carbocycles. The number of imidazole rings is 1. The molecule has 0 aliphatic carbocycles. The van der Waals surface area contributed by atoms with E-state index in [0.717, 1.165) is 5.82 Å². The molecule has 1 aromatic rings. The van der Waals surface area contributed by atoms with Crippen LogP contribution in [0.15, 0.2) is 0 Å². The van der Waals surface area contributed by atoms with Crippen LogP contribution in [0.25, 0.3) is 0 Å². The van der Waals surface area contributed by atoms with Gasteiger partial charge in [-0.25, -0.2) is 4.98 Å². The Morgan fingerprint density at radius 2 is 1.64 bits per heavy atom. The van der Waals surface area contributed by atoms with Gasteiger partial charge in [-0.3, -0.25) is 0 Å². The van der Waals surface area contributed by atoms with E-state index in [2.05, 4.69) is 58.0 Å². The minimum Gasteiger partial charge on any atom is -0.327 e. The molecule has 14 heavy (non-hydrogen) atoms. The molecule has 0 aliphatic rings. The van der Waals surface area contributed by atoms with Gasteiger partial charge in [0.05, 0.1) is 5.69 Å². The molecule has 0 saturated carbocycles. The molecule has 2 nitrogen and oxygen atoms in total. The SMILES string of the molecule is Cc1nc(C(C)C)c(C)n1C(C)(C)C. The molecule has 1 heterocycles. The summed E-state index contributed by atoms with van der Waals surface area (Å²) >= 11 is 0. The van der Waals surface area contributed by atoms with Crippen molar-refractivity contribution in [1.29, 1.82) is 0 Å². The Morgan fingerprint density at radius 3 is 1.86 bits per heavy atom. The quantitative estimate of drug-likeness (QED) is 0.670. The zero-order valence-corrected chi connectivity index (χ0v) is 10.5. The summed E-state index contributed by atoms with van der Waals surface area (Å²) < 4.78 is 2.32. The molecule has 0 fully saturated rings. The number of aryl methyl sites for hydroxylation is 1. The lowest BCUT2D eigenvalue weighted by Gasteiger charge is -2.24. The Balaban J connectivity index is 3.33. The number of rotatable bonds is 1. The first-order chi connectivity index (χ1) is 6.25. The molecule has 1 aromatic heterocycles. The van der Waals surface area contributed by atoms with Crippen molar-refractivity contribution in [2.75, 3.05) is 0 Å². The van der Waals surface area contributed by atoms with E-state index < -0.39 is 0 Å². The van der Waals surface area contributed by atoms with Crippen LogP contribution in [0.3, 0.4) is 0 Å². The van der Waals surface area contributed by atoms with Crippen molar-refractivity contribution >= 4 is 0 Å². The fourth-order valence-corrected chi connectivity index (χ4v) is 2.20. The van der Waals surface area contributed by atoms with Crippen molar-refractivity contribution < 1.29 is 0 Å². The maximum absolute atomic E-state index is 4.64. The van der Waals surface area contributed by atoms with Gasteiger partial charge in [-0.1, -0.05) is 13.8 Å². The van der Waals surface area contributed by atoms with Gasteiger partial charge in [-0.15, -0.1) is 0 Å². The van der Waals surface area contributed by atoms with Crippen molar-refractivity contribution in [3.63, 3.8) is 0 Å². The van der Waals surface area contributed by atoms with Crippen molar-refractivity contribution in [3.8, 4) is 0 Å². The lowest BCUT2D eigenvalue weighted by molar-refractivity contribution is 0.380. The summed E-state index contributed by atoms with van der Waals surface area (Å²) in [5.41, 5.74) is 2.68. The number of hydrogen-bond acceptors (Lipinski definition) is 1. The van der Waals surface area contributed by atoms with Gasteiger partial charge in [0.1, 0.15) is 5.82 Å². The third kappa shape index (κ3) is 1.84. The Hall–Kier alpha value is -0.790. The smallest absolute Gasteiger partial charge is 0.106 e. The van der Waals surface area contributed by atoms with Crippen LogP contribution in [0, 0.1) is 13.8 Å². The highest BCUT2D eigenvalue weighted by Gasteiger charge is 2.21. The van der Waals surface area contributed by atoms with Gasteiger partial charge in [0.25, 0.3) is 0 Å². The Kier molecular flexibility index (Phi) is 2.75. The van der Waals surface area contributed by atoms with Gasteiger partial charge in [-0.2, -0.15) is 0 Å². The van der Waals surface area contributed by atoms with Gasteiger partial charge < -0.3 is 4.57 Å². The Bertz CT molecular complexity index is 327. The van der Waals surface area contributed by atoms with E-state index in [1.165, 1.54) is 11.4 Å². The van der Waals surface area contributed by atoms with Gasteiger partial charge in [-0.05, 0) is 40.5 Å². The number of nitrogens with zero attached hydrogens (tertiary/aromatic N) is 2. The van der Waals surface area contributed by atoms with Crippen LogP contribution < -0.4 is 0 Å². The average molecular weight is 194 g/mol. The van der Waals surface area contributed by atoms with E-state index in [9.17, 15) is 0 Å². The molecule has 0 spiro atoms. The minimum atomic E-state index is 0.133. The topological polar surface area (TPSA) is 17.8 Å². The third-order valence-corrected chi connectivity index (χ3v) is 2.53. The summed E-state index contributed by atoms with van der Waals surface area (Å²) in [6.45, 7) is 15.3. The summed E-state index contributed by atoms with van der Waals surface area (Å²) in [5, 5.41) is 0. The lowest BCUT2D eigenvalue weighted by atomic mass is 10.1. The molecule has 2 heteroatoms. The van der Waals surface area contributed by atoms with E-state index in [1.807, 2.05) is 0 Å². The van der Waals surface area contributed by atoms with E-state index in [0.29, 0.717) is 5.92 Å². The van der Waals surface area contributed by atoms with Crippen molar-refractivity contribution in [1.82, 2.24) is 9.55 Å². The second-order valence-electron chi connectivity index (χ2n) is 5.29. The van der Waals surface area contributed by atoms with Crippen LogP contribution >= 0.6 is 0 Å². The molecular weight excluding hydrogens is 172 g/mol. The average Bonchev–Trinajstić information content (AvgIpc) is 2.24. The zero-order valence-electron chi connectivity index (χ0n) is 10.5. The molecule has 0 atom stereocenters. The molecule has 0 N–H and O–H groups in total. The molecule has 1 rings (SSSR count). The maximum Gasteiger partial charge on any atom is 0.106 e. The number of hydrogen-bond donors (Lipinski definition) is 0. The molecular formula is C12H22N2. The van der Waals surface area contributed by atoms with Gasteiger partial charge in [0.2, 0.25) is 0 Å². The van der Waals surface area contributed by atoms with Crippen molar-refractivity contribution in [2.24, 2.45) is 0 Å². The summed E-state index contributed by atoms with van der Waals surface area (Å²) in [6, 6.07) is 0. The maximum atomic E-state index is 4.64. The molecule has 0 radical (unpaired) electrons. The first-order valence-corrected chi connectivity index (χ1v) is 5.31. The summed E-state index contributed by atoms with van der Waals surface area (Å²) in [5.74, 6) is 1.64. The highest BCUT2D eigenvalue weighted by atomic mass is 15.1. The Morgan fingerprint density at radius 1 is 1.14 bits per heavy atom. The van der Waals surface area contributed by atoms with Crippen molar-refractivity contribution in [2.45, 2.75) is 59.9 Å². The predicted octanol–water partition coefficient (Wildman–Crippen LogP) is 3.38. The minimum absolute atomic E-state index is 0.133. The first-order valence-electron chi connectivity index (χ1n) is 5.31. The highest BCUT2D eigenvalue weighted by Crippen LogP contribution is 2.25. The summed E-state index contributed by atoms with van der Waals surface area (Å²) in [6.07, 6.45) is 0. The summed E-state index contributed by atoms with van der Waals surface area (Å²) in [4.78, 5) is 4.64. The number of aromatic nitrogens is 2. The van der Waals surface area contributed by atoms with Gasteiger partial charge in [0, 0.05) is 11.2 Å². The van der Waals surface area contributed by atoms with Gasteiger partial charge >= 0.3 is 0 Å². The molecule has 0 aliphatic heterocycles. The van der Waals surface area contributed by atoms with E-state index in [4.69, 9.17) is 0 Å². The van der Waals surface area contributed by atoms with Crippen LogP contribution in [-0.4, -0.2) is 9.55 Å². The predicted molar refractivity (Wildman–Crippen MR) is 60.8 cm³/mol.